The van der Waals surface area contributed by atoms with Gasteiger partial charge in [0.1, 0.15) is 17.5 Å². The monoisotopic (exact) mass is 407 g/mol. The first-order valence-electron chi connectivity index (χ1n) is 7.02. The fourth-order valence-corrected chi connectivity index (χ4v) is 3.21. The third-order valence-electron chi connectivity index (χ3n) is 3.60. The van der Waals surface area contributed by atoms with Gasteiger partial charge in [-0.2, -0.15) is 5.26 Å². The van der Waals surface area contributed by atoms with Crippen LogP contribution in [0.25, 0.3) is 22.4 Å². The minimum Gasteiger partial charge on any atom is -0.383 e. The molecule has 3 rings (SSSR count). The van der Waals surface area contributed by atoms with E-state index in [4.69, 9.17) is 52.1 Å². The standard InChI is InChI=1S/C18H9Cl4N3/c19-10-2-3-11(15(21)6-10)12-7-17(25-18(24)13(12)8-23)9-1-4-14(20)16(22)5-9/h1-7H,(H2,24,25). The topological polar surface area (TPSA) is 62.7 Å². The first-order chi connectivity index (χ1) is 11.9. The van der Waals surface area contributed by atoms with Gasteiger partial charge in [-0.3, -0.25) is 0 Å². The van der Waals surface area contributed by atoms with Crippen molar-refractivity contribution in [3.63, 3.8) is 0 Å². The molecule has 1 aromatic heterocycles. The predicted octanol–water partition coefficient (Wildman–Crippen LogP) is 6.48. The summed E-state index contributed by atoms with van der Waals surface area (Å²) in [5.74, 6) is 0.104. The Balaban J connectivity index is 2.26. The van der Waals surface area contributed by atoms with Crippen LogP contribution in [0.5, 0.6) is 0 Å². The molecule has 0 aliphatic rings. The van der Waals surface area contributed by atoms with Crippen molar-refractivity contribution < 1.29 is 0 Å². The molecule has 0 amide bonds. The highest BCUT2D eigenvalue weighted by Crippen LogP contribution is 2.37. The fourth-order valence-electron chi connectivity index (χ4n) is 2.41. The average Bonchev–Trinajstić information content (AvgIpc) is 2.56. The zero-order valence-corrected chi connectivity index (χ0v) is 15.5. The zero-order valence-electron chi connectivity index (χ0n) is 12.5. The van der Waals surface area contributed by atoms with E-state index in [1.807, 2.05) is 0 Å². The fraction of sp³-hybridized carbons (Fsp3) is 0. The van der Waals surface area contributed by atoms with Gasteiger partial charge in [0.25, 0.3) is 0 Å². The Morgan fingerprint density at radius 2 is 1.60 bits per heavy atom. The van der Waals surface area contributed by atoms with E-state index in [1.165, 1.54) is 0 Å². The van der Waals surface area contributed by atoms with E-state index in [2.05, 4.69) is 11.1 Å². The van der Waals surface area contributed by atoms with Crippen molar-refractivity contribution in [3.8, 4) is 28.5 Å². The van der Waals surface area contributed by atoms with Crippen LogP contribution >= 0.6 is 46.4 Å². The van der Waals surface area contributed by atoms with Gasteiger partial charge < -0.3 is 5.73 Å². The maximum absolute atomic E-state index is 9.47. The van der Waals surface area contributed by atoms with Crippen LogP contribution in [0, 0.1) is 11.3 Å². The molecule has 0 saturated carbocycles. The number of aromatic nitrogens is 1. The number of anilines is 1. The van der Waals surface area contributed by atoms with Gasteiger partial charge >= 0.3 is 0 Å². The molecular formula is C18H9Cl4N3. The molecule has 0 atom stereocenters. The first-order valence-corrected chi connectivity index (χ1v) is 8.53. The van der Waals surface area contributed by atoms with Crippen LogP contribution < -0.4 is 5.73 Å². The van der Waals surface area contributed by atoms with Crippen molar-refractivity contribution in [1.29, 1.82) is 5.26 Å². The van der Waals surface area contributed by atoms with E-state index in [0.29, 0.717) is 36.9 Å². The minimum absolute atomic E-state index is 0.104. The summed E-state index contributed by atoms with van der Waals surface area (Å²) in [5.41, 5.74) is 8.71. The summed E-state index contributed by atoms with van der Waals surface area (Å²) in [4.78, 5) is 4.30. The highest BCUT2D eigenvalue weighted by atomic mass is 35.5. The molecule has 124 valence electrons. The summed E-state index contributed by atoms with van der Waals surface area (Å²) in [6, 6.07) is 14.0. The van der Waals surface area contributed by atoms with Gasteiger partial charge in [-0.25, -0.2) is 4.98 Å². The molecule has 1 heterocycles. The number of halogens is 4. The number of benzene rings is 2. The molecule has 2 aromatic carbocycles. The van der Waals surface area contributed by atoms with E-state index >= 15 is 0 Å². The highest BCUT2D eigenvalue weighted by Gasteiger charge is 2.16. The summed E-state index contributed by atoms with van der Waals surface area (Å²) in [6.45, 7) is 0. The quantitative estimate of drug-likeness (QED) is 0.527. The number of nitriles is 1. The molecule has 0 spiro atoms. The predicted molar refractivity (Wildman–Crippen MR) is 104 cm³/mol. The summed E-state index contributed by atoms with van der Waals surface area (Å²) in [6.07, 6.45) is 0. The van der Waals surface area contributed by atoms with Crippen LogP contribution in [0.2, 0.25) is 20.1 Å². The molecule has 0 aliphatic carbocycles. The molecular weight excluding hydrogens is 400 g/mol. The lowest BCUT2D eigenvalue weighted by molar-refractivity contribution is 1.31. The van der Waals surface area contributed by atoms with Gasteiger partial charge in [-0.15, -0.1) is 0 Å². The zero-order chi connectivity index (χ0) is 18.1. The number of hydrogen-bond donors (Lipinski definition) is 1. The van der Waals surface area contributed by atoms with E-state index in [1.54, 1.807) is 42.5 Å². The Kier molecular flexibility index (Phi) is 5.08. The molecule has 25 heavy (non-hydrogen) atoms. The molecule has 3 aromatic rings. The van der Waals surface area contributed by atoms with Gasteiger partial charge in [-0.05, 0) is 30.3 Å². The Bertz CT molecular complexity index is 1030. The number of nitrogen functional groups attached to an aromatic ring is 1. The Hall–Kier alpha value is -1.96. The van der Waals surface area contributed by atoms with Crippen molar-refractivity contribution in [2.45, 2.75) is 0 Å². The molecule has 3 nitrogen and oxygen atoms in total. The van der Waals surface area contributed by atoms with Crippen LogP contribution in [0.1, 0.15) is 5.56 Å². The average molecular weight is 409 g/mol. The third kappa shape index (κ3) is 3.53. The highest BCUT2D eigenvalue weighted by molar-refractivity contribution is 6.42. The van der Waals surface area contributed by atoms with E-state index in [0.717, 1.165) is 5.56 Å². The van der Waals surface area contributed by atoms with Crippen molar-refractivity contribution in [2.24, 2.45) is 0 Å². The maximum Gasteiger partial charge on any atom is 0.142 e. The Morgan fingerprint density at radius 1 is 0.840 bits per heavy atom. The molecule has 7 heteroatoms. The van der Waals surface area contributed by atoms with Gasteiger partial charge in [0.05, 0.1) is 15.7 Å². The lowest BCUT2D eigenvalue weighted by Crippen LogP contribution is -2.00. The summed E-state index contributed by atoms with van der Waals surface area (Å²) in [5, 5.41) is 11.2. The number of pyridine rings is 1. The third-order valence-corrected chi connectivity index (χ3v) is 4.88. The maximum atomic E-state index is 9.47. The van der Waals surface area contributed by atoms with E-state index in [9.17, 15) is 5.26 Å². The molecule has 0 unspecified atom stereocenters. The summed E-state index contributed by atoms with van der Waals surface area (Å²) < 4.78 is 0. The minimum atomic E-state index is 0.104. The molecule has 0 aliphatic heterocycles. The largest absolute Gasteiger partial charge is 0.383 e. The summed E-state index contributed by atoms with van der Waals surface area (Å²) in [7, 11) is 0. The van der Waals surface area contributed by atoms with Crippen LogP contribution in [0.4, 0.5) is 5.82 Å². The van der Waals surface area contributed by atoms with Crippen molar-refractivity contribution >= 4 is 52.2 Å². The molecule has 0 saturated heterocycles. The number of nitrogens with two attached hydrogens (primary N) is 1. The van der Waals surface area contributed by atoms with Crippen LogP contribution in [-0.2, 0) is 0 Å². The summed E-state index contributed by atoms with van der Waals surface area (Å²) >= 11 is 24.3. The van der Waals surface area contributed by atoms with Crippen LogP contribution in [-0.4, -0.2) is 4.98 Å². The lowest BCUT2D eigenvalue weighted by atomic mass is 9.98. The van der Waals surface area contributed by atoms with Gasteiger partial charge in [0.15, 0.2) is 0 Å². The van der Waals surface area contributed by atoms with Gasteiger partial charge in [0.2, 0.25) is 0 Å². The second-order valence-electron chi connectivity index (χ2n) is 5.18. The van der Waals surface area contributed by atoms with Gasteiger partial charge in [0, 0.05) is 26.7 Å². The Morgan fingerprint density at radius 3 is 2.24 bits per heavy atom. The van der Waals surface area contributed by atoms with Gasteiger partial charge in [-0.1, -0.05) is 58.5 Å². The molecule has 0 bridgehead atoms. The molecule has 2 N–H and O–H groups in total. The van der Waals surface area contributed by atoms with Crippen LogP contribution in [0.15, 0.2) is 42.5 Å². The molecule has 0 fully saturated rings. The van der Waals surface area contributed by atoms with Crippen molar-refractivity contribution in [3.05, 3.63) is 68.1 Å². The van der Waals surface area contributed by atoms with Crippen molar-refractivity contribution in [1.82, 2.24) is 4.98 Å². The second-order valence-corrected chi connectivity index (χ2v) is 6.84. The normalized spacial score (nSPS) is 10.5. The van der Waals surface area contributed by atoms with Crippen LogP contribution in [0.3, 0.4) is 0 Å². The van der Waals surface area contributed by atoms with E-state index in [-0.39, 0.29) is 11.4 Å². The second kappa shape index (κ2) is 7.11. The smallest absolute Gasteiger partial charge is 0.142 e. The lowest BCUT2D eigenvalue weighted by Gasteiger charge is -2.12. The number of rotatable bonds is 2. The SMILES string of the molecule is N#Cc1c(-c2ccc(Cl)cc2Cl)cc(-c2ccc(Cl)c(Cl)c2)nc1N. The molecule has 0 radical (unpaired) electrons. The number of nitrogens with zero attached hydrogens (tertiary/aromatic N) is 2. The first kappa shape index (κ1) is 17.8. The van der Waals surface area contributed by atoms with Crippen molar-refractivity contribution in [2.75, 3.05) is 5.73 Å². The number of hydrogen-bond acceptors (Lipinski definition) is 3. The van der Waals surface area contributed by atoms with E-state index < -0.39 is 0 Å². The Labute approximate surface area is 164 Å².